The van der Waals surface area contributed by atoms with Crippen molar-refractivity contribution in [2.75, 3.05) is 0 Å². The second kappa shape index (κ2) is 6.16. The number of hydrogen-bond donors (Lipinski definition) is 2. The summed E-state index contributed by atoms with van der Waals surface area (Å²) >= 11 is 0. The summed E-state index contributed by atoms with van der Waals surface area (Å²) in [5, 5.41) is 4.42. The summed E-state index contributed by atoms with van der Waals surface area (Å²) in [7, 11) is 0. The molecule has 3 rings (SSSR count). The van der Waals surface area contributed by atoms with Crippen LogP contribution in [-0.2, 0) is 13.1 Å². The van der Waals surface area contributed by atoms with Crippen molar-refractivity contribution in [3.05, 3.63) is 81.1 Å². The third kappa shape index (κ3) is 3.10. The number of pyridine rings is 1. The van der Waals surface area contributed by atoms with E-state index in [1.165, 1.54) is 11.1 Å². The smallest absolute Gasteiger partial charge is 0.252 e. The Kier molecular flexibility index (Phi) is 4.07. The number of aromatic amines is 1. The van der Waals surface area contributed by atoms with Crippen LogP contribution in [0.4, 0.5) is 0 Å². The number of aromatic nitrogens is 1. The molecule has 0 bridgehead atoms. The molecule has 3 aromatic rings. The molecule has 0 aliphatic rings. The lowest BCUT2D eigenvalue weighted by Gasteiger charge is -2.08. The zero-order valence-electron chi connectivity index (χ0n) is 12.9. The Balaban J connectivity index is 1.82. The molecule has 0 fully saturated rings. The van der Waals surface area contributed by atoms with Gasteiger partial charge in [0, 0.05) is 18.7 Å². The van der Waals surface area contributed by atoms with E-state index in [0.29, 0.717) is 6.54 Å². The minimum Gasteiger partial charge on any atom is -0.321 e. The molecule has 2 aromatic carbocycles. The highest BCUT2D eigenvalue weighted by Gasteiger charge is 2.05. The van der Waals surface area contributed by atoms with Gasteiger partial charge in [-0.15, -0.1) is 0 Å². The number of fused-ring (bicyclic) bond motifs is 1. The molecular weight excluding hydrogens is 272 g/mol. The predicted octanol–water partition coefficient (Wildman–Crippen LogP) is 3.43. The Hall–Kier alpha value is -2.39. The number of H-pyrrole nitrogens is 1. The van der Waals surface area contributed by atoms with Crippen molar-refractivity contribution < 1.29 is 0 Å². The summed E-state index contributed by atoms with van der Waals surface area (Å²) in [6, 6.07) is 16.4. The van der Waals surface area contributed by atoms with E-state index in [1.54, 1.807) is 0 Å². The predicted molar refractivity (Wildman–Crippen MR) is 91.0 cm³/mol. The van der Waals surface area contributed by atoms with Gasteiger partial charge in [0.25, 0.3) is 5.56 Å². The Morgan fingerprint density at radius 2 is 1.77 bits per heavy atom. The highest BCUT2D eigenvalue weighted by atomic mass is 16.1. The van der Waals surface area contributed by atoms with Gasteiger partial charge in [0.05, 0.1) is 5.52 Å². The molecule has 22 heavy (non-hydrogen) atoms. The highest BCUT2D eigenvalue weighted by Crippen LogP contribution is 2.17. The van der Waals surface area contributed by atoms with Gasteiger partial charge >= 0.3 is 0 Å². The van der Waals surface area contributed by atoms with Crippen LogP contribution in [-0.4, -0.2) is 4.98 Å². The number of benzene rings is 2. The Bertz CT molecular complexity index is 850. The van der Waals surface area contributed by atoms with E-state index in [-0.39, 0.29) is 5.56 Å². The van der Waals surface area contributed by atoms with Gasteiger partial charge in [0.2, 0.25) is 0 Å². The molecule has 0 spiro atoms. The molecule has 0 aliphatic heterocycles. The topological polar surface area (TPSA) is 44.9 Å². The summed E-state index contributed by atoms with van der Waals surface area (Å²) in [6.07, 6.45) is 0. The fourth-order valence-electron chi connectivity index (χ4n) is 2.80. The number of hydrogen-bond acceptors (Lipinski definition) is 2. The second-order valence-corrected chi connectivity index (χ2v) is 5.76. The lowest BCUT2D eigenvalue weighted by atomic mass is 10.1. The van der Waals surface area contributed by atoms with Crippen molar-refractivity contribution in [1.82, 2.24) is 10.3 Å². The van der Waals surface area contributed by atoms with E-state index in [1.807, 2.05) is 31.2 Å². The summed E-state index contributed by atoms with van der Waals surface area (Å²) in [5.41, 5.74) is 5.22. The first kappa shape index (κ1) is 14.5. The summed E-state index contributed by atoms with van der Waals surface area (Å²) in [5.74, 6) is 0. The Morgan fingerprint density at radius 1 is 1.00 bits per heavy atom. The fourth-order valence-corrected chi connectivity index (χ4v) is 2.80. The van der Waals surface area contributed by atoms with Crippen LogP contribution in [0.15, 0.2) is 53.3 Å². The SMILES string of the molecule is Cc1cc(C)c2[nH]c(=O)c(CNCc3ccccc3)cc2c1. The van der Waals surface area contributed by atoms with E-state index in [9.17, 15) is 4.79 Å². The maximum atomic E-state index is 12.2. The lowest BCUT2D eigenvalue weighted by molar-refractivity contribution is 0.688. The summed E-state index contributed by atoms with van der Waals surface area (Å²) in [4.78, 5) is 15.2. The minimum absolute atomic E-state index is 0.0139. The van der Waals surface area contributed by atoms with Crippen LogP contribution in [0.25, 0.3) is 10.9 Å². The summed E-state index contributed by atoms with van der Waals surface area (Å²) < 4.78 is 0. The molecular formula is C19H20N2O. The molecule has 1 heterocycles. The molecule has 0 atom stereocenters. The number of aryl methyl sites for hydroxylation is 2. The zero-order valence-corrected chi connectivity index (χ0v) is 12.9. The van der Waals surface area contributed by atoms with Gasteiger partial charge in [0.15, 0.2) is 0 Å². The van der Waals surface area contributed by atoms with Gasteiger partial charge in [-0.2, -0.15) is 0 Å². The first-order valence-corrected chi connectivity index (χ1v) is 7.51. The number of nitrogens with one attached hydrogen (secondary N) is 2. The largest absolute Gasteiger partial charge is 0.321 e. The lowest BCUT2D eigenvalue weighted by Crippen LogP contribution is -2.21. The highest BCUT2D eigenvalue weighted by molar-refractivity contribution is 5.82. The van der Waals surface area contributed by atoms with Crippen LogP contribution in [0.5, 0.6) is 0 Å². The second-order valence-electron chi connectivity index (χ2n) is 5.76. The third-order valence-electron chi connectivity index (χ3n) is 3.86. The van der Waals surface area contributed by atoms with Gasteiger partial charge in [-0.05, 0) is 42.5 Å². The number of rotatable bonds is 4. The molecule has 0 saturated carbocycles. The quantitative estimate of drug-likeness (QED) is 0.773. The monoisotopic (exact) mass is 292 g/mol. The van der Waals surface area contributed by atoms with Crippen molar-refractivity contribution >= 4 is 10.9 Å². The van der Waals surface area contributed by atoms with Gasteiger partial charge < -0.3 is 10.3 Å². The first-order chi connectivity index (χ1) is 10.6. The van der Waals surface area contributed by atoms with Crippen molar-refractivity contribution in [1.29, 1.82) is 0 Å². The van der Waals surface area contributed by atoms with Crippen LogP contribution >= 0.6 is 0 Å². The van der Waals surface area contributed by atoms with E-state index >= 15 is 0 Å². The van der Waals surface area contributed by atoms with E-state index < -0.39 is 0 Å². The van der Waals surface area contributed by atoms with E-state index in [2.05, 4.69) is 41.5 Å². The maximum Gasteiger partial charge on any atom is 0.252 e. The Morgan fingerprint density at radius 3 is 2.55 bits per heavy atom. The van der Waals surface area contributed by atoms with Crippen molar-refractivity contribution in [3.63, 3.8) is 0 Å². The molecule has 0 saturated heterocycles. The van der Waals surface area contributed by atoms with Crippen molar-refractivity contribution in [2.24, 2.45) is 0 Å². The first-order valence-electron chi connectivity index (χ1n) is 7.51. The molecule has 0 aliphatic carbocycles. The van der Waals surface area contributed by atoms with Crippen LogP contribution in [0, 0.1) is 13.8 Å². The average molecular weight is 292 g/mol. The molecule has 1 aromatic heterocycles. The molecule has 112 valence electrons. The normalized spacial score (nSPS) is 11.0. The van der Waals surface area contributed by atoms with Crippen LogP contribution in [0.2, 0.25) is 0 Å². The maximum absolute atomic E-state index is 12.2. The van der Waals surface area contributed by atoms with Crippen molar-refractivity contribution in [3.8, 4) is 0 Å². The van der Waals surface area contributed by atoms with Gasteiger partial charge in [-0.1, -0.05) is 42.0 Å². The molecule has 0 amide bonds. The third-order valence-corrected chi connectivity index (χ3v) is 3.86. The van der Waals surface area contributed by atoms with E-state index in [4.69, 9.17) is 0 Å². The molecule has 0 radical (unpaired) electrons. The van der Waals surface area contributed by atoms with Crippen LogP contribution in [0.3, 0.4) is 0 Å². The summed E-state index contributed by atoms with van der Waals surface area (Å²) in [6.45, 7) is 5.42. The molecule has 3 nitrogen and oxygen atoms in total. The molecule has 0 unspecified atom stereocenters. The minimum atomic E-state index is -0.0139. The van der Waals surface area contributed by atoms with Gasteiger partial charge in [-0.3, -0.25) is 4.79 Å². The zero-order chi connectivity index (χ0) is 15.5. The van der Waals surface area contributed by atoms with Crippen LogP contribution in [0.1, 0.15) is 22.3 Å². The van der Waals surface area contributed by atoms with Crippen LogP contribution < -0.4 is 10.9 Å². The van der Waals surface area contributed by atoms with Crippen molar-refractivity contribution in [2.45, 2.75) is 26.9 Å². The van der Waals surface area contributed by atoms with Gasteiger partial charge in [-0.25, -0.2) is 0 Å². The standard InChI is InChI=1S/C19H20N2O/c1-13-8-14(2)18-16(9-13)10-17(19(22)21-18)12-20-11-15-6-4-3-5-7-15/h3-10,20H,11-12H2,1-2H3,(H,21,22). The molecule has 2 N–H and O–H groups in total. The Labute approximate surface area is 130 Å². The molecule has 3 heteroatoms. The average Bonchev–Trinajstić information content (AvgIpc) is 2.50. The van der Waals surface area contributed by atoms with Gasteiger partial charge in [0.1, 0.15) is 0 Å². The fraction of sp³-hybridized carbons (Fsp3) is 0.211. The van der Waals surface area contributed by atoms with E-state index in [0.717, 1.165) is 28.6 Å².